The van der Waals surface area contributed by atoms with Crippen LogP contribution in [0.25, 0.3) is 0 Å². The van der Waals surface area contributed by atoms with E-state index >= 15 is 0 Å². The molecule has 0 amide bonds. The molecule has 0 aliphatic rings. The first-order valence-corrected chi connectivity index (χ1v) is 7.59. The summed E-state index contributed by atoms with van der Waals surface area (Å²) >= 11 is 1.43. The molecule has 1 aromatic carbocycles. The van der Waals surface area contributed by atoms with Crippen LogP contribution in [-0.4, -0.2) is 20.0 Å². The predicted molar refractivity (Wildman–Crippen MR) is 80.2 cm³/mol. The van der Waals surface area contributed by atoms with E-state index in [9.17, 15) is 4.39 Å². The van der Waals surface area contributed by atoms with E-state index in [1.807, 2.05) is 13.0 Å². The minimum atomic E-state index is -0.267. The van der Waals surface area contributed by atoms with Crippen LogP contribution in [0.4, 0.5) is 4.39 Å². The van der Waals surface area contributed by atoms with Gasteiger partial charge in [0.1, 0.15) is 11.6 Å². The van der Waals surface area contributed by atoms with Gasteiger partial charge in [-0.05, 0) is 24.6 Å². The lowest BCUT2D eigenvalue weighted by Gasteiger charge is -2.03. The van der Waals surface area contributed by atoms with Crippen molar-refractivity contribution < 1.29 is 8.91 Å². The van der Waals surface area contributed by atoms with Gasteiger partial charge < -0.3 is 10.4 Å². The van der Waals surface area contributed by atoms with Gasteiger partial charge in [-0.3, -0.25) is 0 Å². The molecule has 8 heteroatoms. The summed E-state index contributed by atoms with van der Waals surface area (Å²) in [7, 11) is 0. The molecule has 2 N–H and O–H groups in total. The van der Waals surface area contributed by atoms with Crippen molar-refractivity contribution in [2.24, 2.45) is 0 Å². The molecule has 114 valence electrons. The number of aryl methyl sites for hydroxylation is 1. The highest BCUT2D eigenvalue weighted by molar-refractivity contribution is 7.98. The summed E-state index contributed by atoms with van der Waals surface area (Å²) in [4.78, 5) is 0. The van der Waals surface area contributed by atoms with Crippen LogP contribution >= 0.6 is 11.8 Å². The molecule has 0 unspecified atom stereocenters. The van der Waals surface area contributed by atoms with E-state index in [0.717, 1.165) is 17.0 Å². The van der Waals surface area contributed by atoms with E-state index in [0.29, 0.717) is 23.2 Å². The number of nitrogens with two attached hydrogens (primary N) is 1. The van der Waals surface area contributed by atoms with Crippen molar-refractivity contribution in [2.75, 3.05) is 5.84 Å². The van der Waals surface area contributed by atoms with Gasteiger partial charge >= 0.3 is 0 Å². The fourth-order valence-electron chi connectivity index (χ4n) is 1.94. The zero-order chi connectivity index (χ0) is 15.5. The van der Waals surface area contributed by atoms with E-state index in [1.165, 1.54) is 28.6 Å². The van der Waals surface area contributed by atoms with Gasteiger partial charge in [0.2, 0.25) is 5.16 Å². The van der Waals surface area contributed by atoms with Crippen LogP contribution in [0.1, 0.15) is 22.8 Å². The molecular weight excluding hydrogens is 305 g/mol. The first kappa shape index (κ1) is 14.6. The molecule has 0 saturated heterocycles. The molecule has 0 aliphatic heterocycles. The van der Waals surface area contributed by atoms with Crippen LogP contribution in [-0.2, 0) is 12.2 Å². The predicted octanol–water partition coefficient (Wildman–Crippen LogP) is 2.31. The third-order valence-electron chi connectivity index (χ3n) is 3.04. The highest BCUT2D eigenvalue weighted by Crippen LogP contribution is 2.21. The summed E-state index contributed by atoms with van der Waals surface area (Å²) < 4.78 is 19.4. The third-order valence-corrected chi connectivity index (χ3v) is 4.01. The Morgan fingerprint density at radius 3 is 2.73 bits per heavy atom. The van der Waals surface area contributed by atoms with Crippen molar-refractivity contribution in [2.45, 2.75) is 24.3 Å². The third kappa shape index (κ3) is 3.28. The molecule has 0 fully saturated rings. The highest BCUT2D eigenvalue weighted by atomic mass is 32.2. The molecule has 0 radical (unpaired) electrons. The van der Waals surface area contributed by atoms with Crippen molar-refractivity contribution in [3.63, 3.8) is 0 Å². The summed E-state index contributed by atoms with van der Waals surface area (Å²) in [5, 5.41) is 12.7. The van der Waals surface area contributed by atoms with Crippen LogP contribution < -0.4 is 5.84 Å². The van der Waals surface area contributed by atoms with Crippen LogP contribution in [0.3, 0.4) is 0 Å². The Labute approximate surface area is 130 Å². The molecule has 22 heavy (non-hydrogen) atoms. The monoisotopic (exact) mass is 319 g/mol. The molecular formula is C14H14FN5OS. The first-order chi connectivity index (χ1) is 10.6. The van der Waals surface area contributed by atoms with Crippen molar-refractivity contribution in [1.82, 2.24) is 20.0 Å². The molecule has 0 atom stereocenters. The van der Waals surface area contributed by atoms with Crippen LogP contribution in [0, 0.1) is 12.7 Å². The molecule has 0 spiro atoms. The number of thioether (sulfide) groups is 1. The zero-order valence-corrected chi connectivity index (χ0v) is 12.7. The minimum Gasteiger partial charge on any atom is -0.361 e. The number of hydrogen-bond acceptors (Lipinski definition) is 6. The van der Waals surface area contributed by atoms with Gasteiger partial charge in [-0.1, -0.05) is 29.1 Å². The van der Waals surface area contributed by atoms with Crippen LogP contribution in [0.5, 0.6) is 0 Å². The lowest BCUT2D eigenvalue weighted by Crippen LogP contribution is -2.14. The lowest BCUT2D eigenvalue weighted by atomic mass is 10.1. The number of aromatic nitrogens is 4. The highest BCUT2D eigenvalue weighted by Gasteiger charge is 2.12. The Hall–Kier alpha value is -2.35. The van der Waals surface area contributed by atoms with Gasteiger partial charge in [0.15, 0.2) is 5.82 Å². The molecule has 0 aliphatic carbocycles. The average molecular weight is 319 g/mol. The number of halogens is 1. The average Bonchev–Trinajstić information content (AvgIpc) is 3.07. The molecule has 0 bridgehead atoms. The smallest absolute Gasteiger partial charge is 0.210 e. The van der Waals surface area contributed by atoms with Gasteiger partial charge in [-0.15, -0.1) is 10.2 Å². The lowest BCUT2D eigenvalue weighted by molar-refractivity contribution is 0.393. The number of rotatable bonds is 5. The second kappa shape index (κ2) is 6.18. The quantitative estimate of drug-likeness (QED) is 0.574. The molecule has 2 aromatic heterocycles. The molecule has 2 heterocycles. The second-order valence-corrected chi connectivity index (χ2v) is 5.73. The minimum absolute atomic E-state index is 0.267. The zero-order valence-electron chi connectivity index (χ0n) is 11.9. The van der Waals surface area contributed by atoms with E-state index in [-0.39, 0.29) is 5.82 Å². The number of nitrogens with zero attached hydrogens (tertiary/aromatic N) is 4. The Bertz CT molecular complexity index is 768. The number of benzene rings is 1. The number of hydrogen-bond donors (Lipinski definition) is 1. The van der Waals surface area contributed by atoms with Gasteiger partial charge in [0.05, 0.1) is 5.69 Å². The maximum Gasteiger partial charge on any atom is 0.210 e. The van der Waals surface area contributed by atoms with Crippen molar-refractivity contribution in [3.8, 4) is 0 Å². The summed E-state index contributed by atoms with van der Waals surface area (Å²) in [6.07, 6.45) is 0.493. The fourth-order valence-corrected chi connectivity index (χ4v) is 2.69. The maximum absolute atomic E-state index is 12.9. The number of nitrogen functional groups attached to an aromatic ring is 1. The van der Waals surface area contributed by atoms with E-state index < -0.39 is 0 Å². The normalized spacial score (nSPS) is 11.0. The fraction of sp³-hybridized carbons (Fsp3) is 0.214. The SMILES string of the molecule is Cc1cc(CSc2nnc(Cc3ccc(F)cc3)n2N)no1. The first-order valence-electron chi connectivity index (χ1n) is 6.60. The van der Waals surface area contributed by atoms with Gasteiger partial charge in [0, 0.05) is 18.2 Å². The van der Waals surface area contributed by atoms with E-state index in [4.69, 9.17) is 10.4 Å². The van der Waals surface area contributed by atoms with E-state index in [1.54, 1.807) is 12.1 Å². The van der Waals surface area contributed by atoms with E-state index in [2.05, 4.69) is 15.4 Å². The largest absolute Gasteiger partial charge is 0.361 e. The van der Waals surface area contributed by atoms with Crippen LogP contribution in [0.2, 0.25) is 0 Å². The Kier molecular flexibility index (Phi) is 4.10. The van der Waals surface area contributed by atoms with Gasteiger partial charge in [0.25, 0.3) is 0 Å². The standard InChI is InChI=1S/C14H14FN5OS/c1-9-6-12(19-21-9)8-22-14-18-17-13(20(14)16)7-10-2-4-11(15)5-3-10/h2-6H,7-8,16H2,1H3. The summed E-state index contributed by atoms with van der Waals surface area (Å²) in [6, 6.07) is 8.10. The van der Waals surface area contributed by atoms with Crippen molar-refractivity contribution >= 4 is 11.8 Å². The van der Waals surface area contributed by atoms with Crippen molar-refractivity contribution in [3.05, 3.63) is 59.0 Å². The van der Waals surface area contributed by atoms with Gasteiger partial charge in [-0.25, -0.2) is 9.07 Å². The van der Waals surface area contributed by atoms with Crippen LogP contribution in [0.15, 0.2) is 40.0 Å². The summed E-state index contributed by atoms with van der Waals surface area (Å²) in [5.41, 5.74) is 1.75. The Morgan fingerprint density at radius 2 is 2.05 bits per heavy atom. The Morgan fingerprint density at radius 1 is 1.27 bits per heavy atom. The van der Waals surface area contributed by atoms with Crippen molar-refractivity contribution in [1.29, 1.82) is 0 Å². The molecule has 6 nitrogen and oxygen atoms in total. The summed E-state index contributed by atoms with van der Waals surface area (Å²) in [6.45, 7) is 1.84. The van der Waals surface area contributed by atoms with Gasteiger partial charge in [-0.2, -0.15) is 0 Å². The second-order valence-electron chi connectivity index (χ2n) is 4.79. The Balaban J connectivity index is 1.67. The molecule has 3 aromatic rings. The molecule has 0 saturated carbocycles. The topological polar surface area (TPSA) is 82.8 Å². The summed E-state index contributed by atoms with van der Waals surface area (Å²) in [5.74, 6) is 7.72. The molecule has 3 rings (SSSR count). The maximum atomic E-state index is 12.9.